The van der Waals surface area contributed by atoms with Crippen molar-refractivity contribution in [1.82, 2.24) is 15.6 Å². The smallest absolute Gasteiger partial charge is 0.234 e. The Hall–Kier alpha value is -0.400. The lowest BCUT2D eigenvalue weighted by atomic mass is 9.93. The van der Waals surface area contributed by atoms with Crippen molar-refractivity contribution in [2.24, 2.45) is 0 Å². The molecular weight excluding hydrogens is 333 g/mol. The summed E-state index contributed by atoms with van der Waals surface area (Å²) in [5.41, 5.74) is 1.13. The Kier molecular flexibility index (Phi) is 12.2. The summed E-state index contributed by atoms with van der Waals surface area (Å²) < 4.78 is 4.88. The molecule has 0 radical (unpaired) electrons. The lowest BCUT2D eigenvalue weighted by Gasteiger charge is -2.14. The summed E-state index contributed by atoms with van der Waals surface area (Å²) in [6, 6.07) is 0. The topological polar surface area (TPSA) is 63.2 Å². The monoisotopic (exact) mass is 357 g/mol. The van der Waals surface area contributed by atoms with Gasteiger partial charge in [-0.3, -0.25) is 4.79 Å². The van der Waals surface area contributed by atoms with Gasteiger partial charge in [0.2, 0.25) is 5.91 Å². The number of carbonyl (C=O) groups excluding carboxylic acids is 1. The Bertz CT molecular complexity index is 408. The van der Waals surface area contributed by atoms with Crippen LogP contribution in [0.1, 0.15) is 31.5 Å². The fourth-order valence-corrected chi connectivity index (χ4v) is 2.31. The molecular formula is C13H25Cl2N3O2S. The maximum Gasteiger partial charge on any atom is 0.234 e. The summed E-state index contributed by atoms with van der Waals surface area (Å²) in [6.45, 7) is 8.47. The number of ether oxygens (including phenoxy) is 1. The Morgan fingerprint density at radius 3 is 2.57 bits per heavy atom. The summed E-state index contributed by atoms with van der Waals surface area (Å²) in [5, 5.41) is 8.84. The number of aromatic nitrogens is 1. The van der Waals surface area contributed by atoms with E-state index in [9.17, 15) is 4.79 Å². The molecule has 0 aromatic carbocycles. The molecule has 0 atom stereocenters. The van der Waals surface area contributed by atoms with E-state index in [-0.39, 0.29) is 36.1 Å². The van der Waals surface area contributed by atoms with Gasteiger partial charge in [-0.25, -0.2) is 4.98 Å². The van der Waals surface area contributed by atoms with Crippen LogP contribution in [0.3, 0.4) is 0 Å². The molecule has 0 saturated carbocycles. The zero-order valence-corrected chi connectivity index (χ0v) is 15.3. The van der Waals surface area contributed by atoms with Gasteiger partial charge in [0.15, 0.2) is 0 Å². The number of amides is 1. The standard InChI is InChI=1S/C13H23N3O2S.2ClH/c1-13(2,3)10-9-19-12(16-10)8-15-11(17)7-14-5-6-18-4;;/h9,14H,5-8H2,1-4H3,(H,15,17);2*1H. The minimum atomic E-state index is -0.0244. The minimum Gasteiger partial charge on any atom is -0.383 e. The highest BCUT2D eigenvalue weighted by Gasteiger charge is 2.17. The van der Waals surface area contributed by atoms with Crippen LogP contribution in [0.5, 0.6) is 0 Å². The number of nitrogens with zero attached hydrogens (tertiary/aromatic N) is 1. The molecule has 0 fully saturated rings. The third-order valence-corrected chi connectivity index (χ3v) is 3.37. The van der Waals surface area contributed by atoms with Crippen molar-refractivity contribution < 1.29 is 9.53 Å². The summed E-state index contributed by atoms with van der Waals surface area (Å²) in [5.74, 6) is -0.0244. The molecule has 0 unspecified atom stereocenters. The van der Waals surface area contributed by atoms with Crippen LogP contribution in [-0.4, -0.2) is 37.7 Å². The first-order valence-corrected chi connectivity index (χ1v) is 7.22. The van der Waals surface area contributed by atoms with Crippen LogP contribution in [0.25, 0.3) is 0 Å². The van der Waals surface area contributed by atoms with Gasteiger partial charge in [-0.05, 0) is 0 Å². The van der Waals surface area contributed by atoms with E-state index in [2.05, 4.69) is 41.8 Å². The number of carbonyl (C=O) groups is 1. The van der Waals surface area contributed by atoms with Crippen LogP contribution in [0.4, 0.5) is 0 Å². The highest BCUT2D eigenvalue weighted by Crippen LogP contribution is 2.23. The Morgan fingerprint density at radius 2 is 2.05 bits per heavy atom. The van der Waals surface area contributed by atoms with Crippen molar-refractivity contribution in [1.29, 1.82) is 0 Å². The molecule has 1 rings (SSSR count). The second-order valence-corrected chi connectivity index (χ2v) is 6.27. The first kappa shape index (κ1) is 22.9. The maximum atomic E-state index is 11.5. The quantitative estimate of drug-likeness (QED) is 0.733. The van der Waals surface area contributed by atoms with Gasteiger partial charge in [-0.2, -0.15) is 0 Å². The highest BCUT2D eigenvalue weighted by atomic mass is 35.5. The SMILES string of the molecule is COCCNCC(=O)NCc1nc(C(C)(C)C)cs1.Cl.Cl. The first-order valence-electron chi connectivity index (χ1n) is 6.34. The fourth-order valence-electron chi connectivity index (χ4n) is 1.35. The molecule has 124 valence electrons. The summed E-state index contributed by atoms with van der Waals surface area (Å²) >= 11 is 1.58. The van der Waals surface area contributed by atoms with Crippen molar-refractivity contribution in [3.63, 3.8) is 0 Å². The molecule has 0 aliphatic carbocycles. The number of halogens is 2. The van der Waals surface area contributed by atoms with Gasteiger partial charge in [-0.15, -0.1) is 36.2 Å². The van der Waals surface area contributed by atoms with Gasteiger partial charge >= 0.3 is 0 Å². The van der Waals surface area contributed by atoms with Crippen LogP contribution < -0.4 is 10.6 Å². The second kappa shape index (κ2) is 11.2. The largest absolute Gasteiger partial charge is 0.383 e. The zero-order valence-electron chi connectivity index (χ0n) is 12.9. The summed E-state index contributed by atoms with van der Waals surface area (Å²) in [6.07, 6.45) is 0. The molecule has 2 N–H and O–H groups in total. The highest BCUT2D eigenvalue weighted by molar-refractivity contribution is 7.09. The van der Waals surface area contributed by atoms with E-state index >= 15 is 0 Å². The normalized spacial score (nSPS) is 10.5. The van der Waals surface area contributed by atoms with E-state index in [1.165, 1.54) is 0 Å². The van der Waals surface area contributed by atoms with Gasteiger partial charge < -0.3 is 15.4 Å². The predicted molar refractivity (Wildman–Crippen MR) is 91.9 cm³/mol. The van der Waals surface area contributed by atoms with Crippen LogP contribution in [0.2, 0.25) is 0 Å². The maximum absolute atomic E-state index is 11.5. The van der Waals surface area contributed by atoms with Crippen LogP contribution in [0.15, 0.2) is 5.38 Å². The molecule has 5 nitrogen and oxygen atoms in total. The molecule has 0 spiro atoms. The average molecular weight is 358 g/mol. The van der Waals surface area contributed by atoms with E-state index in [4.69, 9.17) is 4.74 Å². The van der Waals surface area contributed by atoms with Crippen LogP contribution in [-0.2, 0) is 21.5 Å². The molecule has 1 aromatic heterocycles. The van der Waals surface area contributed by atoms with Crippen LogP contribution >= 0.6 is 36.2 Å². The third kappa shape index (κ3) is 9.26. The number of hydrogen-bond donors (Lipinski definition) is 2. The van der Waals surface area contributed by atoms with E-state index in [0.29, 0.717) is 26.2 Å². The first-order chi connectivity index (χ1) is 8.93. The minimum absolute atomic E-state index is 0. The number of nitrogens with one attached hydrogen (secondary N) is 2. The van der Waals surface area contributed by atoms with Gasteiger partial charge in [0.1, 0.15) is 5.01 Å². The molecule has 1 aromatic rings. The second-order valence-electron chi connectivity index (χ2n) is 5.32. The number of hydrogen-bond acceptors (Lipinski definition) is 5. The van der Waals surface area contributed by atoms with Gasteiger partial charge in [0, 0.05) is 24.4 Å². The van der Waals surface area contributed by atoms with E-state index in [1.807, 2.05) is 0 Å². The molecule has 0 aliphatic heterocycles. The van der Waals surface area contributed by atoms with Crippen molar-refractivity contribution in [2.45, 2.75) is 32.7 Å². The molecule has 8 heteroatoms. The average Bonchev–Trinajstić information content (AvgIpc) is 2.81. The van der Waals surface area contributed by atoms with Gasteiger partial charge in [0.25, 0.3) is 0 Å². The van der Waals surface area contributed by atoms with Gasteiger partial charge in [0.05, 0.1) is 25.4 Å². The number of thiazole rings is 1. The molecule has 1 amide bonds. The van der Waals surface area contributed by atoms with E-state index in [1.54, 1.807) is 18.4 Å². The molecule has 1 heterocycles. The van der Waals surface area contributed by atoms with Crippen molar-refractivity contribution in [3.05, 3.63) is 16.1 Å². The van der Waals surface area contributed by atoms with E-state index < -0.39 is 0 Å². The Balaban J connectivity index is 0. The summed E-state index contributed by atoms with van der Waals surface area (Å²) in [7, 11) is 1.64. The molecule has 0 bridgehead atoms. The van der Waals surface area contributed by atoms with Crippen molar-refractivity contribution >= 4 is 42.1 Å². The predicted octanol–water partition coefficient (Wildman–Crippen LogP) is 2.14. The summed E-state index contributed by atoms with van der Waals surface area (Å²) in [4.78, 5) is 16.1. The van der Waals surface area contributed by atoms with Crippen LogP contribution in [0, 0.1) is 0 Å². The lowest BCUT2D eigenvalue weighted by molar-refractivity contribution is -0.120. The van der Waals surface area contributed by atoms with E-state index in [0.717, 1.165) is 10.7 Å². The number of methoxy groups -OCH3 is 1. The third-order valence-electron chi connectivity index (χ3n) is 2.53. The van der Waals surface area contributed by atoms with Crippen molar-refractivity contribution in [2.75, 3.05) is 26.8 Å². The zero-order chi connectivity index (χ0) is 14.3. The molecule has 0 saturated heterocycles. The molecule has 0 aliphatic rings. The fraction of sp³-hybridized carbons (Fsp3) is 0.692. The van der Waals surface area contributed by atoms with Crippen molar-refractivity contribution in [3.8, 4) is 0 Å². The van der Waals surface area contributed by atoms with Gasteiger partial charge in [-0.1, -0.05) is 20.8 Å². The molecule has 21 heavy (non-hydrogen) atoms. The Morgan fingerprint density at radius 1 is 1.38 bits per heavy atom. The lowest BCUT2D eigenvalue weighted by Crippen LogP contribution is -2.34. The Labute approximate surface area is 143 Å². The number of rotatable bonds is 7.